The number of nitrogens with one attached hydrogen (secondary N) is 1. The molecule has 0 radical (unpaired) electrons. The summed E-state index contributed by atoms with van der Waals surface area (Å²) < 4.78 is 10.7. The molecule has 94 valence electrons. The minimum Gasteiger partial charge on any atom is -0.444 e. The van der Waals surface area contributed by atoms with Crippen LogP contribution in [-0.2, 0) is 9.47 Å². The molecule has 1 amide bonds. The van der Waals surface area contributed by atoms with Crippen LogP contribution in [0.3, 0.4) is 0 Å². The van der Waals surface area contributed by atoms with E-state index >= 15 is 0 Å². The first kappa shape index (κ1) is 13.3. The van der Waals surface area contributed by atoms with Crippen molar-refractivity contribution >= 4 is 6.09 Å². The van der Waals surface area contributed by atoms with E-state index in [0.717, 1.165) is 12.8 Å². The van der Waals surface area contributed by atoms with Gasteiger partial charge in [-0.2, -0.15) is 0 Å². The highest BCUT2D eigenvalue weighted by Gasteiger charge is 2.17. The number of alkyl carbamates (subject to hydrolysis) is 1. The van der Waals surface area contributed by atoms with E-state index < -0.39 is 5.60 Å². The van der Waals surface area contributed by atoms with Crippen LogP contribution in [0.25, 0.3) is 0 Å². The van der Waals surface area contributed by atoms with Gasteiger partial charge < -0.3 is 14.8 Å². The number of hydrogen-bond acceptors (Lipinski definition) is 3. The maximum Gasteiger partial charge on any atom is 0.407 e. The van der Waals surface area contributed by atoms with E-state index in [1.807, 2.05) is 20.8 Å². The molecule has 1 saturated carbocycles. The van der Waals surface area contributed by atoms with Crippen LogP contribution in [0.15, 0.2) is 0 Å². The Bertz CT molecular complexity index is 217. The van der Waals surface area contributed by atoms with Crippen molar-refractivity contribution in [2.45, 2.75) is 58.2 Å². The second kappa shape index (κ2) is 6.09. The first-order chi connectivity index (χ1) is 7.47. The summed E-state index contributed by atoms with van der Waals surface area (Å²) in [7, 11) is 0. The molecule has 0 unspecified atom stereocenters. The maximum atomic E-state index is 11.3. The predicted molar refractivity (Wildman–Crippen MR) is 62.4 cm³/mol. The van der Waals surface area contributed by atoms with Gasteiger partial charge in [0, 0.05) is 6.54 Å². The first-order valence-electron chi connectivity index (χ1n) is 6.06. The van der Waals surface area contributed by atoms with Gasteiger partial charge in [-0.1, -0.05) is 12.8 Å². The lowest BCUT2D eigenvalue weighted by Gasteiger charge is -2.20. The van der Waals surface area contributed by atoms with Crippen molar-refractivity contribution < 1.29 is 14.3 Å². The van der Waals surface area contributed by atoms with Gasteiger partial charge in [0.15, 0.2) is 0 Å². The molecule has 0 spiro atoms. The molecule has 0 saturated heterocycles. The third-order valence-electron chi connectivity index (χ3n) is 2.43. The van der Waals surface area contributed by atoms with Gasteiger partial charge in [-0.25, -0.2) is 4.79 Å². The van der Waals surface area contributed by atoms with E-state index in [1.54, 1.807) is 0 Å². The van der Waals surface area contributed by atoms with Crippen LogP contribution < -0.4 is 5.32 Å². The Morgan fingerprint density at radius 1 is 1.31 bits per heavy atom. The molecule has 0 aliphatic heterocycles. The van der Waals surface area contributed by atoms with Crippen LogP contribution in [-0.4, -0.2) is 30.9 Å². The van der Waals surface area contributed by atoms with Crippen molar-refractivity contribution in [3.8, 4) is 0 Å². The van der Waals surface area contributed by atoms with Crippen LogP contribution in [0, 0.1) is 0 Å². The Labute approximate surface area is 97.7 Å². The van der Waals surface area contributed by atoms with E-state index in [1.165, 1.54) is 12.8 Å². The molecule has 0 aromatic heterocycles. The second-order valence-electron chi connectivity index (χ2n) is 5.21. The highest BCUT2D eigenvalue weighted by Crippen LogP contribution is 2.20. The van der Waals surface area contributed by atoms with Crippen molar-refractivity contribution in [1.29, 1.82) is 0 Å². The third kappa shape index (κ3) is 5.95. The molecule has 4 nitrogen and oxygen atoms in total. The van der Waals surface area contributed by atoms with E-state index in [0.29, 0.717) is 19.3 Å². The van der Waals surface area contributed by atoms with Crippen molar-refractivity contribution in [2.75, 3.05) is 13.2 Å². The number of carbonyl (C=O) groups excluding carboxylic acids is 1. The second-order valence-corrected chi connectivity index (χ2v) is 5.21. The Hall–Kier alpha value is -0.770. The summed E-state index contributed by atoms with van der Waals surface area (Å²) in [6.07, 6.45) is 4.88. The van der Waals surface area contributed by atoms with Crippen LogP contribution >= 0.6 is 0 Å². The number of ether oxygens (including phenoxy) is 2. The Morgan fingerprint density at radius 3 is 2.50 bits per heavy atom. The summed E-state index contributed by atoms with van der Waals surface area (Å²) in [5, 5.41) is 2.68. The molecule has 16 heavy (non-hydrogen) atoms. The smallest absolute Gasteiger partial charge is 0.407 e. The zero-order valence-electron chi connectivity index (χ0n) is 10.5. The molecular formula is C12H23NO3. The van der Waals surface area contributed by atoms with Gasteiger partial charge in [0.05, 0.1) is 12.7 Å². The third-order valence-corrected chi connectivity index (χ3v) is 2.43. The number of hydrogen-bond donors (Lipinski definition) is 1. The van der Waals surface area contributed by atoms with E-state index in [-0.39, 0.29) is 6.09 Å². The van der Waals surface area contributed by atoms with Gasteiger partial charge in [0.25, 0.3) is 0 Å². The van der Waals surface area contributed by atoms with Crippen molar-refractivity contribution in [3.63, 3.8) is 0 Å². The molecule has 1 N–H and O–H groups in total. The van der Waals surface area contributed by atoms with Gasteiger partial charge in [0.2, 0.25) is 0 Å². The van der Waals surface area contributed by atoms with Crippen molar-refractivity contribution in [3.05, 3.63) is 0 Å². The van der Waals surface area contributed by atoms with Crippen LogP contribution in [0.2, 0.25) is 0 Å². The lowest BCUT2D eigenvalue weighted by Crippen LogP contribution is -2.34. The first-order valence-corrected chi connectivity index (χ1v) is 6.06. The minimum atomic E-state index is -0.434. The van der Waals surface area contributed by atoms with Gasteiger partial charge in [0.1, 0.15) is 5.60 Å². The standard InChI is InChI=1S/C12H23NO3/c1-12(2,3)16-11(14)13-8-9-15-10-6-4-5-7-10/h10H,4-9H2,1-3H3,(H,13,14). The normalized spacial score (nSPS) is 17.4. The van der Waals surface area contributed by atoms with Crippen molar-refractivity contribution in [2.24, 2.45) is 0 Å². The van der Waals surface area contributed by atoms with Gasteiger partial charge >= 0.3 is 6.09 Å². The summed E-state index contributed by atoms with van der Waals surface area (Å²) in [6, 6.07) is 0. The number of amides is 1. The molecule has 4 heteroatoms. The lowest BCUT2D eigenvalue weighted by atomic mass is 10.2. The summed E-state index contributed by atoms with van der Waals surface area (Å²) in [6.45, 7) is 6.64. The lowest BCUT2D eigenvalue weighted by molar-refractivity contribution is 0.0411. The van der Waals surface area contributed by atoms with E-state index in [2.05, 4.69) is 5.32 Å². The van der Waals surface area contributed by atoms with Gasteiger partial charge in [-0.15, -0.1) is 0 Å². The van der Waals surface area contributed by atoms with E-state index in [4.69, 9.17) is 9.47 Å². The number of rotatable bonds is 4. The summed E-state index contributed by atoms with van der Waals surface area (Å²) in [5.41, 5.74) is -0.434. The average molecular weight is 229 g/mol. The van der Waals surface area contributed by atoms with Crippen LogP contribution in [0.5, 0.6) is 0 Å². The topological polar surface area (TPSA) is 47.6 Å². The maximum absolute atomic E-state index is 11.3. The quantitative estimate of drug-likeness (QED) is 0.753. The summed E-state index contributed by atoms with van der Waals surface area (Å²) in [4.78, 5) is 11.3. The predicted octanol–water partition coefficient (Wildman–Crippen LogP) is 2.47. The van der Waals surface area contributed by atoms with Crippen LogP contribution in [0.4, 0.5) is 4.79 Å². The summed E-state index contributed by atoms with van der Waals surface area (Å²) >= 11 is 0. The highest BCUT2D eigenvalue weighted by molar-refractivity contribution is 5.67. The monoisotopic (exact) mass is 229 g/mol. The Balaban J connectivity index is 2.00. The molecule has 0 atom stereocenters. The minimum absolute atomic E-state index is 0.373. The fourth-order valence-electron chi connectivity index (χ4n) is 1.75. The Morgan fingerprint density at radius 2 is 1.94 bits per heavy atom. The SMILES string of the molecule is CC(C)(C)OC(=O)NCCOC1CCCC1. The molecule has 1 fully saturated rings. The molecule has 1 aliphatic rings. The van der Waals surface area contributed by atoms with Crippen LogP contribution in [0.1, 0.15) is 46.5 Å². The summed E-state index contributed by atoms with van der Waals surface area (Å²) in [5.74, 6) is 0. The average Bonchev–Trinajstić information content (AvgIpc) is 2.62. The largest absolute Gasteiger partial charge is 0.444 e. The zero-order valence-corrected chi connectivity index (χ0v) is 10.5. The fourth-order valence-corrected chi connectivity index (χ4v) is 1.75. The fraction of sp³-hybridized carbons (Fsp3) is 0.917. The molecular weight excluding hydrogens is 206 g/mol. The molecule has 1 rings (SSSR count). The van der Waals surface area contributed by atoms with E-state index in [9.17, 15) is 4.79 Å². The molecule has 0 bridgehead atoms. The zero-order chi connectivity index (χ0) is 12.0. The molecule has 0 aromatic rings. The van der Waals surface area contributed by atoms with Crippen molar-refractivity contribution in [1.82, 2.24) is 5.32 Å². The van der Waals surface area contributed by atoms with Gasteiger partial charge in [-0.05, 0) is 33.6 Å². The highest BCUT2D eigenvalue weighted by atomic mass is 16.6. The molecule has 0 heterocycles. The number of carbonyl (C=O) groups is 1. The molecule has 1 aliphatic carbocycles. The Kier molecular flexibility index (Phi) is 5.06. The molecule has 0 aromatic carbocycles. The van der Waals surface area contributed by atoms with Gasteiger partial charge in [-0.3, -0.25) is 0 Å².